The van der Waals surface area contributed by atoms with Crippen molar-refractivity contribution in [3.63, 3.8) is 0 Å². The molecule has 0 aliphatic heterocycles. The zero-order valence-electron chi connectivity index (χ0n) is 12.5. The topological polar surface area (TPSA) is 99.4 Å². The van der Waals surface area contributed by atoms with Gasteiger partial charge in [-0.15, -0.1) is 0 Å². The molecule has 0 atom stereocenters. The van der Waals surface area contributed by atoms with E-state index < -0.39 is 0 Å². The van der Waals surface area contributed by atoms with Crippen LogP contribution in [0.5, 0.6) is 0 Å². The molecule has 2 rings (SSSR count). The number of anilines is 3. The summed E-state index contributed by atoms with van der Waals surface area (Å²) in [6.45, 7) is 1.03. The first-order valence-corrected chi connectivity index (χ1v) is 7.93. The number of carbonyl (C=O) groups is 1. The van der Waals surface area contributed by atoms with Gasteiger partial charge >= 0.3 is 6.03 Å². The van der Waals surface area contributed by atoms with Crippen LogP contribution in [0.4, 0.5) is 21.9 Å². The molecule has 122 valence electrons. The Balaban J connectivity index is 2.06. The molecular weight excluding hydrogens is 360 g/mol. The first-order chi connectivity index (χ1) is 11.1. The number of hydrogen-bond donors (Lipinski definition) is 5. The van der Waals surface area contributed by atoms with Crippen LogP contribution in [0.3, 0.4) is 0 Å². The number of halogens is 1. The molecular formula is C16H19BrN4O2. The summed E-state index contributed by atoms with van der Waals surface area (Å²) in [6.07, 6.45) is 0. The Morgan fingerprint density at radius 1 is 1.13 bits per heavy atom. The van der Waals surface area contributed by atoms with E-state index in [1.165, 1.54) is 0 Å². The molecule has 2 aromatic rings. The molecule has 0 aliphatic carbocycles. The van der Waals surface area contributed by atoms with Crippen molar-refractivity contribution in [2.75, 3.05) is 29.0 Å². The number of para-hydroxylation sites is 1. The predicted octanol–water partition coefficient (Wildman–Crippen LogP) is 2.96. The summed E-state index contributed by atoms with van der Waals surface area (Å²) in [5, 5.41) is 17.9. The van der Waals surface area contributed by atoms with Gasteiger partial charge in [-0.2, -0.15) is 0 Å². The summed E-state index contributed by atoms with van der Waals surface area (Å²) < 4.78 is 0.838. The Hall–Kier alpha value is -2.09. The summed E-state index contributed by atoms with van der Waals surface area (Å²) in [5.74, 6) is 0. The number of nitrogens with one attached hydrogen (secondary N) is 3. The Labute approximate surface area is 143 Å². The maximum Gasteiger partial charge on any atom is 0.323 e. The van der Waals surface area contributed by atoms with Crippen LogP contribution in [0.15, 0.2) is 46.9 Å². The molecule has 7 heteroatoms. The maximum absolute atomic E-state index is 12.1. The molecule has 0 heterocycles. The number of nitrogens with two attached hydrogens (primary N) is 1. The zero-order chi connectivity index (χ0) is 16.7. The molecule has 23 heavy (non-hydrogen) atoms. The lowest BCUT2D eigenvalue weighted by Crippen LogP contribution is -2.20. The van der Waals surface area contributed by atoms with E-state index in [1.54, 1.807) is 30.3 Å². The fourth-order valence-electron chi connectivity index (χ4n) is 2.05. The fraction of sp³-hybridized carbons (Fsp3) is 0.188. The van der Waals surface area contributed by atoms with Crippen LogP contribution in [0.25, 0.3) is 0 Å². The highest BCUT2D eigenvalue weighted by Crippen LogP contribution is 2.23. The van der Waals surface area contributed by atoms with Crippen LogP contribution in [0, 0.1) is 0 Å². The normalized spacial score (nSPS) is 10.2. The molecule has 0 saturated heterocycles. The Kier molecular flexibility index (Phi) is 6.40. The van der Waals surface area contributed by atoms with Crippen molar-refractivity contribution in [2.45, 2.75) is 6.61 Å². The summed E-state index contributed by atoms with van der Waals surface area (Å²) in [5.41, 5.74) is 8.19. The lowest BCUT2D eigenvalue weighted by Gasteiger charge is -2.12. The second-order valence-corrected chi connectivity index (χ2v) is 5.75. The van der Waals surface area contributed by atoms with Crippen molar-refractivity contribution in [3.05, 3.63) is 52.5 Å². The number of aliphatic hydroxyl groups excluding tert-OH is 1. The van der Waals surface area contributed by atoms with Crippen LogP contribution in [-0.4, -0.2) is 24.2 Å². The lowest BCUT2D eigenvalue weighted by atomic mass is 10.2. The van der Waals surface area contributed by atoms with Crippen LogP contribution in [0.2, 0.25) is 0 Å². The van der Waals surface area contributed by atoms with Crippen LogP contribution in [-0.2, 0) is 6.61 Å². The Bertz CT molecular complexity index is 679. The van der Waals surface area contributed by atoms with Gasteiger partial charge in [-0.25, -0.2) is 4.79 Å². The van der Waals surface area contributed by atoms with Crippen molar-refractivity contribution in [1.82, 2.24) is 0 Å². The molecule has 0 aliphatic rings. The highest BCUT2D eigenvalue weighted by atomic mass is 79.9. The second-order valence-electron chi connectivity index (χ2n) is 4.84. The predicted molar refractivity (Wildman–Crippen MR) is 96.7 cm³/mol. The summed E-state index contributed by atoms with van der Waals surface area (Å²) >= 11 is 3.41. The minimum absolute atomic E-state index is 0.138. The molecule has 2 amide bonds. The highest BCUT2D eigenvalue weighted by molar-refractivity contribution is 9.10. The molecule has 0 spiro atoms. The summed E-state index contributed by atoms with van der Waals surface area (Å²) in [4.78, 5) is 12.1. The first-order valence-electron chi connectivity index (χ1n) is 7.13. The molecule has 0 radical (unpaired) electrons. The van der Waals surface area contributed by atoms with Gasteiger partial charge in [0.2, 0.25) is 0 Å². The Morgan fingerprint density at radius 3 is 2.61 bits per heavy atom. The van der Waals surface area contributed by atoms with Crippen molar-refractivity contribution in [3.8, 4) is 0 Å². The average molecular weight is 379 g/mol. The van der Waals surface area contributed by atoms with Crippen molar-refractivity contribution in [2.24, 2.45) is 5.73 Å². The number of carbonyl (C=O) groups excluding carboxylic acids is 1. The SMILES string of the molecule is NCCNc1cc(Br)cc(NC(=O)Nc2ccccc2CO)c1. The molecule has 0 bridgehead atoms. The smallest absolute Gasteiger partial charge is 0.323 e. The van der Waals surface area contributed by atoms with Gasteiger partial charge in [0.25, 0.3) is 0 Å². The van der Waals surface area contributed by atoms with E-state index in [0.717, 1.165) is 10.2 Å². The summed E-state index contributed by atoms with van der Waals surface area (Å²) in [7, 11) is 0. The number of hydrogen-bond acceptors (Lipinski definition) is 4. The van der Waals surface area contributed by atoms with Gasteiger partial charge in [0.1, 0.15) is 0 Å². The van der Waals surface area contributed by atoms with Gasteiger partial charge in [-0.3, -0.25) is 0 Å². The van der Waals surface area contributed by atoms with E-state index in [2.05, 4.69) is 31.9 Å². The van der Waals surface area contributed by atoms with Gasteiger partial charge in [0.05, 0.1) is 6.61 Å². The van der Waals surface area contributed by atoms with E-state index in [-0.39, 0.29) is 12.6 Å². The van der Waals surface area contributed by atoms with Gasteiger partial charge in [-0.05, 0) is 24.3 Å². The summed E-state index contributed by atoms with van der Waals surface area (Å²) in [6, 6.07) is 12.2. The van der Waals surface area contributed by atoms with E-state index in [0.29, 0.717) is 30.0 Å². The molecule has 0 fully saturated rings. The van der Waals surface area contributed by atoms with Crippen LogP contribution >= 0.6 is 15.9 Å². The molecule has 6 N–H and O–H groups in total. The van der Waals surface area contributed by atoms with Gasteiger partial charge in [0, 0.05) is 40.2 Å². The number of aliphatic hydroxyl groups is 1. The lowest BCUT2D eigenvalue weighted by molar-refractivity contribution is 0.262. The molecule has 0 unspecified atom stereocenters. The third kappa shape index (κ3) is 5.24. The van der Waals surface area contributed by atoms with Gasteiger partial charge in [-0.1, -0.05) is 34.1 Å². The van der Waals surface area contributed by atoms with E-state index in [4.69, 9.17) is 5.73 Å². The zero-order valence-corrected chi connectivity index (χ0v) is 14.1. The number of rotatable bonds is 6. The van der Waals surface area contributed by atoms with Crippen molar-refractivity contribution in [1.29, 1.82) is 0 Å². The number of urea groups is 1. The van der Waals surface area contributed by atoms with Crippen LogP contribution in [0.1, 0.15) is 5.56 Å². The van der Waals surface area contributed by atoms with Crippen molar-refractivity contribution < 1.29 is 9.90 Å². The monoisotopic (exact) mass is 378 g/mol. The van der Waals surface area contributed by atoms with Gasteiger partial charge < -0.3 is 26.8 Å². The third-order valence-corrected chi connectivity index (χ3v) is 3.52. The van der Waals surface area contributed by atoms with E-state index >= 15 is 0 Å². The van der Waals surface area contributed by atoms with Crippen LogP contribution < -0.4 is 21.7 Å². The number of amides is 2. The average Bonchev–Trinajstić information content (AvgIpc) is 2.52. The van der Waals surface area contributed by atoms with E-state index in [1.807, 2.05) is 12.1 Å². The van der Waals surface area contributed by atoms with E-state index in [9.17, 15) is 9.90 Å². The fourth-order valence-corrected chi connectivity index (χ4v) is 2.54. The Morgan fingerprint density at radius 2 is 1.87 bits per heavy atom. The number of benzene rings is 2. The van der Waals surface area contributed by atoms with Gasteiger partial charge in [0.15, 0.2) is 0 Å². The molecule has 6 nitrogen and oxygen atoms in total. The highest BCUT2D eigenvalue weighted by Gasteiger charge is 2.07. The first kappa shape index (κ1) is 17.3. The largest absolute Gasteiger partial charge is 0.392 e. The minimum Gasteiger partial charge on any atom is -0.392 e. The third-order valence-electron chi connectivity index (χ3n) is 3.07. The minimum atomic E-state index is -0.381. The molecule has 2 aromatic carbocycles. The standard InChI is InChI=1S/C16H19BrN4O2/c17-12-7-13(19-6-5-18)9-14(8-12)20-16(23)21-15-4-2-1-3-11(15)10-22/h1-4,7-9,19,22H,5-6,10,18H2,(H2,20,21,23). The second kappa shape index (κ2) is 8.52. The quantitative estimate of drug-likeness (QED) is 0.533. The maximum atomic E-state index is 12.1. The molecule has 0 aromatic heterocycles. The van der Waals surface area contributed by atoms with Crippen molar-refractivity contribution >= 4 is 39.0 Å². The molecule has 0 saturated carbocycles.